The number of halogens is 1. The maximum absolute atomic E-state index is 12.6. The number of morpholine rings is 1. The fraction of sp³-hybridized carbons (Fsp3) is 0.632. The minimum absolute atomic E-state index is 0. The minimum atomic E-state index is -3.48. The minimum Gasteiger partial charge on any atom is -0.379 e. The summed E-state index contributed by atoms with van der Waals surface area (Å²) in [6.07, 6.45) is 1.10. The first-order valence-corrected chi connectivity index (χ1v) is 11.2. The number of rotatable bonds is 5. The molecule has 29 heavy (non-hydrogen) atoms. The molecule has 1 atom stereocenters. The molecule has 0 amide bonds. The smallest absolute Gasteiger partial charge is 0.242 e. The molecule has 1 aromatic rings. The van der Waals surface area contributed by atoms with Crippen molar-refractivity contribution < 1.29 is 13.2 Å². The van der Waals surface area contributed by atoms with E-state index in [-0.39, 0.29) is 24.0 Å². The van der Waals surface area contributed by atoms with Crippen molar-refractivity contribution in [3.05, 3.63) is 29.8 Å². The maximum atomic E-state index is 12.6. The largest absolute Gasteiger partial charge is 0.379 e. The number of aliphatic imine (C=N–C) groups is 1. The zero-order chi connectivity index (χ0) is 20.1. The predicted octanol–water partition coefficient (Wildman–Crippen LogP) is 1.04. The van der Waals surface area contributed by atoms with Gasteiger partial charge in [0.05, 0.1) is 18.1 Å². The van der Waals surface area contributed by atoms with Gasteiger partial charge in [0.1, 0.15) is 0 Å². The van der Waals surface area contributed by atoms with Crippen LogP contribution in [0.15, 0.2) is 34.2 Å². The van der Waals surface area contributed by atoms with Gasteiger partial charge in [0, 0.05) is 59.9 Å². The summed E-state index contributed by atoms with van der Waals surface area (Å²) >= 11 is 0. The summed E-state index contributed by atoms with van der Waals surface area (Å²) in [5.74, 6) is 0.813. The Balaban J connectivity index is 0.00000300. The number of ether oxygens (including phenoxy) is 1. The molecule has 2 saturated heterocycles. The number of hydrogen-bond acceptors (Lipinski definition) is 5. The monoisotopic (exact) mass is 537 g/mol. The van der Waals surface area contributed by atoms with Crippen LogP contribution >= 0.6 is 24.0 Å². The molecule has 0 aromatic heterocycles. The van der Waals surface area contributed by atoms with E-state index in [0.29, 0.717) is 17.5 Å². The van der Waals surface area contributed by atoms with Gasteiger partial charge in [0.2, 0.25) is 10.0 Å². The Morgan fingerprint density at radius 2 is 1.93 bits per heavy atom. The van der Waals surface area contributed by atoms with Crippen LogP contribution in [0.25, 0.3) is 0 Å². The van der Waals surface area contributed by atoms with E-state index < -0.39 is 10.0 Å². The standard InChI is InChI=1S/C19H31N5O3S.HI/c1-20-19(24-9-8-17(15-24)23-10-12-27-13-11-23)21-14-16-6-4-5-7-18(16)28(25,26)22(2)3;/h4-7,17H,8-15H2,1-3H3,(H,20,21);1H. The number of guanidine groups is 1. The average molecular weight is 537 g/mol. The van der Waals surface area contributed by atoms with E-state index in [1.54, 1.807) is 33.3 Å². The second kappa shape index (κ2) is 10.9. The highest BCUT2D eigenvalue weighted by Crippen LogP contribution is 2.20. The molecule has 1 aromatic carbocycles. The molecule has 0 spiro atoms. The van der Waals surface area contributed by atoms with Gasteiger partial charge in [-0.2, -0.15) is 0 Å². The van der Waals surface area contributed by atoms with Crippen LogP contribution in [0, 0.1) is 0 Å². The predicted molar refractivity (Wildman–Crippen MR) is 125 cm³/mol. The Morgan fingerprint density at radius 3 is 2.59 bits per heavy atom. The first kappa shape index (κ1) is 24.3. The average Bonchev–Trinajstić information content (AvgIpc) is 3.19. The normalized spacial score (nSPS) is 21.3. The highest BCUT2D eigenvalue weighted by atomic mass is 127. The SMILES string of the molecule is CN=C(NCc1ccccc1S(=O)(=O)N(C)C)N1CCC(N2CCOCC2)C1.I. The molecule has 0 radical (unpaired) electrons. The number of benzene rings is 1. The van der Waals surface area contributed by atoms with Crippen molar-refractivity contribution in [3.8, 4) is 0 Å². The molecular formula is C19H32IN5O3S. The Hall–Kier alpha value is -0.950. The quantitative estimate of drug-likeness (QED) is 0.344. The Kier molecular flexibility index (Phi) is 9.14. The summed E-state index contributed by atoms with van der Waals surface area (Å²) in [6, 6.07) is 7.63. The first-order chi connectivity index (χ1) is 13.4. The molecule has 1 N–H and O–H groups in total. The van der Waals surface area contributed by atoms with Crippen LogP contribution in [0.2, 0.25) is 0 Å². The van der Waals surface area contributed by atoms with Crippen LogP contribution in [0.1, 0.15) is 12.0 Å². The molecule has 0 saturated carbocycles. The molecule has 3 rings (SSSR count). The lowest BCUT2D eigenvalue weighted by Crippen LogP contribution is -2.46. The van der Waals surface area contributed by atoms with Gasteiger partial charge in [0.25, 0.3) is 0 Å². The number of nitrogens with zero attached hydrogens (tertiary/aromatic N) is 4. The second-order valence-corrected chi connectivity index (χ2v) is 9.45. The Labute approximate surface area is 191 Å². The highest BCUT2D eigenvalue weighted by Gasteiger charge is 2.30. The second-order valence-electron chi connectivity index (χ2n) is 7.33. The van der Waals surface area contributed by atoms with Crippen molar-refractivity contribution in [2.45, 2.75) is 23.9 Å². The molecule has 164 valence electrons. The summed E-state index contributed by atoms with van der Waals surface area (Å²) in [5.41, 5.74) is 0.737. The molecule has 0 aliphatic carbocycles. The Bertz CT molecular complexity index is 797. The molecule has 2 fully saturated rings. The van der Waals surface area contributed by atoms with Crippen molar-refractivity contribution in [1.82, 2.24) is 19.4 Å². The van der Waals surface area contributed by atoms with E-state index in [2.05, 4.69) is 20.1 Å². The number of hydrogen-bond donors (Lipinski definition) is 1. The molecule has 0 bridgehead atoms. The van der Waals surface area contributed by atoms with E-state index in [9.17, 15) is 8.42 Å². The van der Waals surface area contributed by atoms with Gasteiger partial charge in [-0.15, -0.1) is 24.0 Å². The molecule has 2 aliphatic heterocycles. The summed E-state index contributed by atoms with van der Waals surface area (Å²) in [4.78, 5) is 9.50. The van der Waals surface area contributed by atoms with Gasteiger partial charge in [0.15, 0.2) is 5.96 Å². The van der Waals surface area contributed by atoms with Crippen molar-refractivity contribution in [2.24, 2.45) is 4.99 Å². The van der Waals surface area contributed by atoms with Crippen molar-refractivity contribution >= 4 is 40.0 Å². The summed E-state index contributed by atoms with van der Waals surface area (Å²) in [5, 5.41) is 3.35. The van der Waals surface area contributed by atoms with E-state index in [4.69, 9.17) is 4.74 Å². The van der Waals surface area contributed by atoms with E-state index in [1.807, 2.05) is 12.1 Å². The zero-order valence-corrected chi connectivity index (χ0v) is 20.5. The van der Waals surface area contributed by atoms with Gasteiger partial charge >= 0.3 is 0 Å². The molecular weight excluding hydrogens is 505 g/mol. The number of nitrogens with one attached hydrogen (secondary N) is 1. The van der Waals surface area contributed by atoms with Crippen LogP contribution in [-0.4, -0.2) is 95.1 Å². The van der Waals surface area contributed by atoms with Crippen molar-refractivity contribution in [3.63, 3.8) is 0 Å². The maximum Gasteiger partial charge on any atom is 0.242 e. The van der Waals surface area contributed by atoms with Crippen molar-refractivity contribution in [2.75, 3.05) is 60.5 Å². The van der Waals surface area contributed by atoms with Crippen LogP contribution in [0.4, 0.5) is 0 Å². The van der Waals surface area contributed by atoms with E-state index in [1.165, 1.54) is 4.31 Å². The van der Waals surface area contributed by atoms with Crippen molar-refractivity contribution in [1.29, 1.82) is 0 Å². The molecule has 2 heterocycles. The Morgan fingerprint density at radius 1 is 1.24 bits per heavy atom. The van der Waals surface area contributed by atoms with Gasteiger partial charge in [-0.3, -0.25) is 9.89 Å². The third kappa shape index (κ3) is 5.81. The van der Waals surface area contributed by atoms with Gasteiger partial charge < -0.3 is 15.0 Å². The first-order valence-electron chi connectivity index (χ1n) is 9.71. The lowest BCUT2D eigenvalue weighted by atomic mass is 10.2. The molecule has 8 nitrogen and oxygen atoms in total. The topological polar surface area (TPSA) is 77.5 Å². The lowest BCUT2D eigenvalue weighted by molar-refractivity contribution is 0.0195. The fourth-order valence-corrected chi connectivity index (χ4v) is 4.90. The number of likely N-dealkylation sites (tertiary alicyclic amines) is 1. The van der Waals surface area contributed by atoms with Gasteiger partial charge in [-0.1, -0.05) is 18.2 Å². The molecule has 10 heteroatoms. The van der Waals surface area contributed by atoms with Gasteiger partial charge in [-0.25, -0.2) is 12.7 Å². The molecule has 2 aliphatic rings. The van der Waals surface area contributed by atoms with Crippen LogP contribution in [0.5, 0.6) is 0 Å². The summed E-state index contributed by atoms with van der Waals surface area (Å²) in [6.45, 7) is 5.87. The summed E-state index contributed by atoms with van der Waals surface area (Å²) < 4.78 is 31.9. The molecule has 1 unspecified atom stereocenters. The fourth-order valence-electron chi connectivity index (χ4n) is 3.78. The number of sulfonamides is 1. The van der Waals surface area contributed by atoms with E-state index >= 15 is 0 Å². The van der Waals surface area contributed by atoms with E-state index in [0.717, 1.165) is 57.3 Å². The van der Waals surface area contributed by atoms with Gasteiger partial charge in [-0.05, 0) is 18.1 Å². The van der Waals surface area contributed by atoms with Crippen LogP contribution < -0.4 is 5.32 Å². The highest BCUT2D eigenvalue weighted by molar-refractivity contribution is 14.0. The summed E-state index contributed by atoms with van der Waals surface area (Å²) in [7, 11) is 1.39. The third-order valence-corrected chi connectivity index (χ3v) is 7.32. The third-order valence-electron chi connectivity index (χ3n) is 5.40. The zero-order valence-electron chi connectivity index (χ0n) is 17.4. The van der Waals surface area contributed by atoms with Crippen LogP contribution in [0.3, 0.4) is 0 Å². The van der Waals surface area contributed by atoms with Crippen LogP contribution in [-0.2, 0) is 21.3 Å². The lowest BCUT2D eigenvalue weighted by Gasteiger charge is -2.32.